The van der Waals surface area contributed by atoms with Crippen molar-refractivity contribution in [1.29, 1.82) is 0 Å². The Morgan fingerprint density at radius 3 is 2.29 bits per heavy atom. The summed E-state index contributed by atoms with van der Waals surface area (Å²) in [5, 5.41) is 0. The van der Waals surface area contributed by atoms with Gasteiger partial charge in [0.25, 0.3) is 0 Å². The van der Waals surface area contributed by atoms with E-state index in [1.807, 2.05) is 12.1 Å². The molecule has 0 amide bonds. The summed E-state index contributed by atoms with van der Waals surface area (Å²) in [6.07, 6.45) is 0. The highest BCUT2D eigenvalue weighted by Crippen LogP contribution is 2.24. The van der Waals surface area contributed by atoms with E-state index in [0.29, 0.717) is 12.4 Å². The van der Waals surface area contributed by atoms with Crippen LogP contribution in [0, 0.1) is 0 Å². The maximum absolute atomic E-state index is 12.1. The summed E-state index contributed by atoms with van der Waals surface area (Å²) in [4.78, 5) is 2.58. The van der Waals surface area contributed by atoms with Gasteiger partial charge in [0.1, 0.15) is 18.1 Å². The Morgan fingerprint density at radius 2 is 1.71 bits per heavy atom. The Hall–Kier alpha value is -2.09. The quantitative estimate of drug-likeness (QED) is 0.605. The maximum atomic E-state index is 12.1. The highest BCUT2D eigenvalue weighted by Gasteiger charge is 2.17. The van der Waals surface area contributed by atoms with Crippen LogP contribution in [0.3, 0.4) is 0 Å². The molecule has 1 unspecified atom stereocenters. The number of benzene rings is 2. The minimum absolute atomic E-state index is 0.233. The lowest BCUT2D eigenvalue weighted by Crippen LogP contribution is -2.31. The lowest BCUT2D eigenvalue weighted by molar-refractivity contribution is 0.175. The molecule has 0 saturated heterocycles. The molecule has 2 aromatic carbocycles. The van der Waals surface area contributed by atoms with E-state index in [4.69, 9.17) is 9.47 Å². The van der Waals surface area contributed by atoms with Crippen molar-refractivity contribution in [2.24, 2.45) is 0 Å². The van der Waals surface area contributed by atoms with E-state index in [2.05, 4.69) is 30.9 Å². The first kappa shape index (κ1) is 22.2. The molecule has 6 nitrogen and oxygen atoms in total. The van der Waals surface area contributed by atoms with Crippen LogP contribution in [0.5, 0.6) is 11.5 Å². The predicted molar refractivity (Wildman–Crippen MR) is 111 cm³/mol. The Morgan fingerprint density at radius 1 is 1.04 bits per heavy atom. The number of hydrogen-bond donors (Lipinski definition) is 0. The molecule has 0 N–H and O–H groups in total. The molecule has 0 aromatic heterocycles. The molecule has 0 bridgehead atoms. The molecule has 0 radical (unpaired) electrons. The van der Waals surface area contributed by atoms with Gasteiger partial charge in [-0.05, 0) is 55.4 Å². The van der Waals surface area contributed by atoms with Gasteiger partial charge in [-0.25, -0.2) is 12.7 Å². The Bertz CT molecular complexity index is 851. The second-order valence-corrected chi connectivity index (χ2v) is 8.84. The van der Waals surface area contributed by atoms with E-state index in [1.54, 1.807) is 31.4 Å². The van der Waals surface area contributed by atoms with Gasteiger partial charge in [-0.15, -0.1) is 0 Å². The van der Waals surface area contributed by atoms with Gasteiger partial charge in [-0.2, -0.15) is 0 Å². The third-order valence-corrected chi connectivity index (χ3v) is 6.61. The van der Waals surface area contributed by atoms with Gasteiger partial charge in [0.2, 0.25) is 10.0 Å². The number of methoxy groups -OCH3 is 1. The number of ether oxygens (including phenoxy) is 2. The van der Waals surface area contributed by atoms with Crippen LogP contribution < -0.4 is 9.47 Å². The fourth-order valence-electron chi connectivity index (χ4n) is 2.94. The van der Waals surface area contributed by atoms with Crippen molar-refractivity contribution in [1.82, 2.24) is 9.21 Å². The number of nitrogens with zero attached hydrogens (tertiary/aromatic N) is 2. The Labute approximate surface area is 168 Å². The predicted octanol–water partition coefficient (Wildman–Crippen LogP) is 3.41. The molecule has 0 aliphatic rings. The van der Waals surface area contributed by atoms with Crippen LogP contribution in [0.1, 0.15) is 25.5 Å². The molecule has 7 heteroatoms. The lowest BCUT2D eigenvalue weighted by Gasteiger charge is -2.28. The average molecular weight is 407 g/mol. The summed E-state index contributed by atoms with van der Waals surface area (Å²) in [5.41, 5.74) is 1.19. The third kappa shape index (κ3) is 5.47. The van der Waals surface area contributed by atoms with Crippen molar-refractivity contribution in [3.63, 3.8) is 0 Å². The van der Waals surface area contributed by atoms with Crippen LogP contribution in [0.25, 0.3) is 0 Å². The molecule has 0 heterocycles. The summed E-state index contributed by atoms with van der Waals surface area (Å²) in [5.74, 6) is 1.51. The number of hydrogen-bond acceptors (Lipinski definition) is 5. The van der Waals surface area contributed by atoms with Gasteiger partial charge >= 0.3 is 0 Å². The van der Waals surface area contributed by atoms with Gasteiger partial charge in [-0.1, -0.05) is 19.1 Å². The molecule has 154 valence electrons. The number of sulfonamides is 1. The standard InChI is InChI=1S/C21H30N2O4S/c1-6-23(17(2)18-8-7-9-20(16-18)26-5)14-15-27-19-10-12-21(13-11-19)28(24,25)22(3)4/h7-13,16-17H,6,14-15H2,1-5H3. The van der Waals surface area contributed by atoms with Crippen molar-refractivity contribution in [3.8, 4) is 11.5 Å². The monoisotopic (exact) mass is 406 g/mol. The van der Waals surface area contributed by atoms with Crippen molar-refractivity contribution in [2.75, 3.05) is 40.9 Å². The van der Waals surface area contributed by atoms with Crippen LogP contribution in [0.15, 0.2) is 53.4 Å². The van der Waals surface area contributed by atoms with Crippen molar-refractivity contribution in [2.45, 2.75) is 24.8 Å². The molecule has 0 aliphatic carbocycles. The summed E-state index contributed by atoms with van der Waals surface area (Å²) >= 11 is 0. The highest BCUT2D eigenvalue weighted by atomic mass is 32.2. The van der Waals surface area contributed by atoms with Crippen molar-refractivity contribution < 1.29 is 17.9 Å². The van der Waals surface area contributed by atoms with E-state index in [0.717, 1.165) is 18.8 Å². The van der Waals surface area contributed by atoms with Gasteiger partial charge < -0.3 is 9.47 Å². The molecule has 1 atom stereocenters. The molecule has 0 fully saturated rings. The molecule has 0 spiro atoms. The first-order valence-corrected chi connectivity index (χ1v) is 10.8. The summed E-state index contributed by atoms with van der Waals surface area (Å²) in [6.45, 7) is 6.45. The lowest BCUT2D eigenvalue weighted by atomic mass is 10.1. The molecule has 0 saturated carbocycles. The van der Waals surface area contributed by atoms with Crippen LogP contribution in [0.4, 0.5) is 0 Å². The van der Waals surface area contributed by atoms with Crippen LogP contribution in [-0.2, 0) is 10.0 Å². The van der Waals surface area contributed by atoms with E-state index >= 15 is 0 Å². The largest absolute Gasteiger partial charge is 0.497 e. The Balaban J connectivity index is 1.95. The topological polar surface area (TPSA) is 59.1 Å². The number of rotatable bonds is 10. The van der Waals surface area contributed by atoms with E-state index in [-0.39, 0.29) is 10.9 Å². The summed E-state index contributed by atoms with van der Waals surface area (Å²) in [6, 6.07) is 14.8. The normalized spacial score (nSPS) is 13.0. The second-order valence-electron chi connectivity index (χ2n) is 6.69. The van der Waals surface area contributed by atoms with E-state index < -0.39 is 10.0 Å². The zero-order valence-electron chi connectivity index (χ0n) is 17.3. The molecule has 0 aliphatic heterocycles. The number of likely N-dealkylation sites (N-methyl/N-ethyl adjacent to an activating group) is 1. The first-order valence-electron chi connectivity index (χ1n) is 9.33. The van der Waals surface area contributed by atoms with Crippen molar-refractivity contribution in [3.05, 3.63) is 54.1 Å². The van der Waals surface area contributed by atoms with Gasteiger partial charge in [0.15, 0.2) is 0 Å². The second kappa shape index (κ2) is 9.91. The minimum atomic E-state index is -3.42. The molecular weight excluding hydrogens is 376 g/mol. The van der Waals surface area contributed by atoms with Crippen LogP contribution in [-0.4, -0.2) is 58.5 Å². The van der Waals surface area contributed by atoms with Crippen molar-refractivity contribution >= 4 is 10.0 Å². The first-order chi connectivity index (χ1) is 13.3. The van der Waals surface area contributed by atoms with Gasteiger partial charge in [-0.3, -0.25) is 4.90 Å². The summed E-state index contributed by atoms with van der Waals surface area (Å²) < 4.78 is 36.6. The van der Waals surface area contributed by atoms with E-state index in [1.165, 1.54) is 24.0 Å². The van der Waals surface area contributed by atoms with Gasteiger partial charge in [0, 0.05) is 26.7 Å². The Kier molecular flexibility index (Phi) is 7.86. The molecule has 2 aromatic rings. The van der Waals surface area contributed by atoms with Crippen LogP contribution in [0.2, 0.25) is 0 Å². The summed E-state index contributed by atoms with van der Waals surface area (Å²) in [7, 11) is 1.28. The maximum Gasteiger partial charge on any atom is 0.242 e. The molecule has 2 rings (SSSR count). The van der Waals surface area contributed by atoms with E-state index in [9.17, 15) is 8.42 Å². The smallest absolute Gasteiger partial charge is 0.242 e. The minimum Gasteiger partial charge on any atom is -0.497 e. The van der Waals surface area contributed by atoms with Gasteiger partial charge in [0.05, 0.1) is 12.0 Å². The zero-order valence-corrected chi connectivity index (χ0v) is 18.1. The molecular formula is C21H30N2O4S. The fourth-order valence-corrected chi connectivity index (χ4v) is 3.84. The fraction of sp³-hybridized carbons (Fsp3) is 0.429. The van der Waals surface area contributed by atoms with Crippen LogP contribution >= 0.6 is 0 Å². The average Bonchev–Trinajstić information content (AvgIpc) is 2.71. The zero-order chi connectivity index (χ0) is 20.7. The molecule has 28 heavy (non-hydrogen) atoms. The SMILES string of the molecule is CCN(CCOc1ccc(S(=O)(=O)N(C)C)cc1)C(C)c1cccc(OC)c1. The third-order valence-electron chi connectivity index (χ3n) is 4.78. The highest BCUT2D eigenvalue weighted by molar-refractivity contribution is 7.89.